The zero-order chi connectivity index (χ0) is 9.84. The van der Waals surface area contributed by atoms with E-state index in [9.17, 15) is 4.21 Å². The van der Waals surface area contributed by atoms with E-state index >= 15 is 0 Å². The molecule has 0 aromatic heterocycles. The summed E-state index contributed by atoms with van der Waals surface area (Å²) in [5.74, 6) is 0.476. The SMILES string of the molecule is CC[S@@](=O)c1ccccc1B(O)O. The Hall–Kier alpha value is -0.645. The fourth-order valence-electron chi connectivity index (χ4n) is 1.06. The highest BCUT2D eigenvalue weighted by Gasteiger charge is 2.17. The molecule has 0 aliphatic heterocycles. The summed E-state index contributed by atoms with van der Waals surface area (Å²) in [6.45, 7) is 1.79. The number of hydrogen-bond donors (Lipinski definition) is 2. The predicted octanol–water partition coefficient (Wildman–Crippen LogP) is -0.506. The van der Waals surface area contributed by atoms with Gasteiger partial charge in [0.25, 0.3) is 0 Å². The van der Waals surface area contributed by atoms with Crippen molar-refractivity contribution in [1.29, 1.82) is 0 Å². The number of hydrogen-bond acceptors (Lipinski definition) is 3. The first-order valence-corrected chi connectivity index (χ1v) is 5.32. The van der Waals surface area contributed by atoms with E-state index in [0.717, 1.165) is 0 Å². The van der Waals surface area contributed by atoms with Crippen LogP contribution >= 0.6 is 0 Å². The Bertz CT molecular complexity index is 314. The first kappa shape index (κ1) is 10.4. The molecule has 0 radical (unpaired) electrons. The van der Waals surface area contributed by atoms with Gasteiger partial charge in [-0.05, 0) is 11.5 Å². The van der Waals surface area contributed by atoms with Crippen molar-refractivity contribution in [2.24, 2.45) is 0 Å². The van der Waals surface area contributed by atoms with Gasteiger partial charge in [0.2, 0.25) is 0 Å². The van der Waals surface area contributed by atoms with Crippen molar-refractivity contribution >= 4 is 23.4 Å². The molecule has 0 aliphatic carbocycles. The second kappa shape index (κ2) is 4.55. The third-order valence-corrected chi connectivity index (χ3v) is 3.09. The first-order valence-electron chi connectivity index (χ1n) is 4.00. The first-order chi connectivity index (χ1) is 6.16. The van der Waals surface area contributed by atoms with Crippen molar-refractivity contribution < 1.29 is 14.3 Å². The summed E-state index contributed by atoms with van der Waals surface area (Å²) in [6, 6.07) is 6.63. The van der Waals surface area contributed by atoms with Crippen LogP contribution in [0.3, 0.4) is 0 Å². The van der Waals surface area contributed by atoms with Crippen LogP contribution < -0.4 is 5.46 Å². The highest BCUT2D eigenvalue weighted by atomic mass is 32.2. The molecule has 0 aliphatic rings. The third kappa shape index (κ3) is 2.40. The van der Waals surface area contributed by atoms with Gasteiger partial charge >= 0.3 is 7.12 Å². The van der Waals surface area contributed by atoms with E-state index in [1.165, 1.54) is 0 Å². The molecule has 70 valence electrons. The van der Waals surface area contributed by atoms with Crippen LogP contribution in [-0.2, 0) is 10.8 Å². The van der Waals surface area contributed by atoms with Gasteiger partial charge in [0.1, 0.15) is 0 Å². The lowest BCUT2D eigenvalue weighted by atomic mass is 9.80. The summed E-state index contributed by atoms with van der Waals surface area (Å²) in [6.07, 6.45) is 0. The van der Waals surface area contributed by atoms with Crippen LogP contribution in [-0.4, -0.2) is 27.1 Å². The van der Waals surface area contributed by atoms with E-state index < -0.39 is 17.9 Å². The smallest absolute Gasteiger partial charge is 0.423 e. The van der Waals surface area contributed by atoms with Gasteiger partial charge in [0.15, 0.2) is 0 Å². The topological polar surface area (TPSA) is 57.5 Å². The lowest BCUT2D eigenvalue weighted by Gasteiger charge is -2.06. The monoisotopic (exact) mass is 198 g/mol. The van der Waals surface area contributed by atoms with Crippen LogP contribution in [0.4, 0.5) is 0 Å². The van der Waals surface area contributed by atoms with Crippen LogP contribution in [0.1, 0.15) is 6.92 Å². The lowest BCUT2D eigenvalue weighted by molar-refractivity contribution is 0.425. The van der Waals surface area contributed by atoms with Gasteiger partial charge in [0, 0.05) is 10.6 Å². The molecule has 0 amide bonds. The minimum absolute atomic E-state index is 0.322. The predicted molar refractivity (Wildman–Crippen MR) is 53.2 cm³/mol. The third-order valence-electron chi connectivity index (χ3n) is 1.70. The van der Waals surface area contributed by atoms with Crippen molar-refractivity contribution in [1.82, 2.24) is 0 Å². The van der Waals surface area contributed by atoms with Gasteiger partial charge in [0.05, 0.1) is 10.8 Å². The Morgan fingerprint density at radius 1 is 1.38 bits per heavy atom. The molecule has 1 atom stereocenters. The van der Waals surface area contributed by atoms with Gasteiger partial charge in [-0.2, -0.15) is 0 Å². The van der Waals surface area contributed by atoms with Crippen molar-refractivity contribution in [2.75, 3.05) is 5.75 Å². The molecule has 3 nitrogen and oxygen atoms in total. The van der Waals surface area contributed by atoms with Gasteiger partial charge < -0.3 is 10.0 Å². The molecule has 1 rings (SSSR count). The zero-order valence-electron chi connectivity index (χ0n) is 7.30. The van der Waals surface area contributed by atoms with Crippen molar-refractivity contribution in [3.63, 3.8) is 0 Å². The normalized spacial score (nSPS) is 12.5. The van der Waals surface area contributed by atoms with E-state index in [1.807, 2.05) is 0 Å². The summed E-state index contributed by atoms with van der Waals surface area (Å²) in [5.41, 5.74) is 0.322. The Balaban J connectivity index is 3.12. The molecule has 0 spiro atoms. The maximum atomic E-state index is 11.4. The second-order valence-corrected chi connectivity index (χ2v) is 4.25. The van der Waals surface area contributed by atoms with Crippen LogP contribution in [0.2, 0.25) is 0 Å². The number of rotatable bonds is 3. The Kier molecular flexibility index (Phi) is 3.65. The van der Waals surface area contributed by atoms with Crippen LogP contribution in [0, 0.1) is 0 Å². The molecular weight excluding hydrogens is 187 g/mol. The van der Waals surface area contributed by atoms with E-state index in [1.54, 1.807) is 31.2 Å². The standard InChI is InChI=1S/C8H11BO3S/c1-2-13(12)8-6-4-3-5-7(8)9(10)11/h3-6,10-11H,2H2,1H3/t13-/m1/s1. The maximum absolute atomic E-state index is 11.4. The fourth-order valence-corrected chi connectivity index (χ4v) is 2.03. The van der Waals surface area contributed by atoms with Crippen molar-refractivity contribution in [3.05, 3.63) is 24.3 Å². The average Bonchev–Trinajstić information content (AvgIpc) is 2.16. The van der Waals surface area contributed by atoms with E-state index in [0.29, 0.717) is 16.1 Å². The van der Waals surface area contributed by atoms with Crippen LogP contribution in [0.15, 0.2) is 29.2 Å². The van der Waals surface area contributed by atoms with Crippen molar-refractivity contribution in [2.45, 2.75) is 11.8 Å². The molecule has 0 saturated heterocycles. The summed E-state index contributed by atoms with van der Waals surface area (Å²) in [5, 5.41) is 17.9. The van der Waals surface area contributed by atoms with Crippen LogP contribution in [0.5, 0.6) is 0 Å². The average molecular weight is 198 g/mol. The Morgan fingerprint density at radius 2 is 2.00 bits per heavy atom. The summed E-state index contributed by atoms with van der Waals surface area (Å²) in [4.78, 5) is 0.500. The largest absolute Gasteiger partial charge is 0.489 e. The molecule has 0 saturated carbocycles. The van der Waals surface area contributed by atoms with Crippen LogP contribution in [0.25, 0.3) is 0 Å². The number of benzene rings is 1. The van der Waals surface area contributed by atoms with Crippen molar-refractivity contribution in [3.8, 4) is 0 Å². The Morgan fingerprint density at radius 3 is 2.54 bits per heavy atom. The summed E-state index contributed by atoms with van der Waals surface area (Å²) >= 11 is 0. The second-order valence-electron chi connectivity index (χ2n) is 2.55. The fraction of sp³-hybridized carbons (Fsp3) is 0.250. The zero-order valence-corrected chi connectivity index (χ0v) is 8.12. The quantitative estimate of drug-likeness (QED) is 0.643. The summed E-state index contributed by atoms with van der Waals surface area (Å²) < 4.78 is 11.4. The minimum atomic E-state index is -1.55. The van der Waals surface area contributed by atoms with E-state index in [4.69, 9.17) is 10.0 Å². The molecule has 1 aromatic rings. The Labute approximate surface area is 80.0 Å². The van der Waals surface area contributed by atoms with Gasteiger partial charge in [-0.3, -0.25) is 4.21 Å². The highest BCUT2D eigenvalue weighted by molar-refractivity contribution is 7.85. The highest BCUT2D eigenvalue weighted by Crippen LogP contribution is 2.03. The van der Waals surface area contributed by atoms with E-state index in [-0.39, 0.29) is 0 Å². The molecule has 0 heterocycles. The molecule has 1 aromatic carbocycles. The molecular formula is C8H11BO3S. The maximum Gasteiger partial charge on any atom is 0.489 e. The minimum Gasteiger partial charge on any atom is -0.423 e. The lowest BCUT2D eigenvalue weighted by Crippen LogP contribution is -2.33. The molecule has 2 N–H and O–H groups in total. The van der Waals surface area contributed by atoms with Gasteiger partial charge in [-0.1, -0.05) is 25.1 Å². The summed E-state index contributed by atoms with van der Waals surface area (Å²) in [7, 11) is -2.69. The van der Waals surface area contributed by atoms with E-state index in [2.05, 4.69) is 0 Å². The molecule has 0 fully saturated rings. The van der Waals surface area contributed by atoms with Gasteiger partial charge in [-0.15, -0.1) is 0 Å². The van der Waals surface area contributed by atoms with Gasteiger partial charge in [-0.25, -0.2) is 0 Å². The molecule has 5 heteroatoms. The molecule has 0 bridgehead atoms. The molecule has 0 unspecified atom stereocenters. The molecule has 13 heavy (non-hydrogen) atoms.